The second kappa shape index (κ2) is 6.80. The fourth-order valence-corrected chi connectivity index (χ4v) is 2.97. The van der Waals surface area contributed by atoms with Crippen molar-refractivity contribution in [2.45, 2.75) is 17.9 Å². The first-order valence-electron chi connectivity index (χ1n) is 6.56. The average Bonchev–Trinajstić information content (AvgIpc) is 2.90. The van der Waals surface area contributed by atoms with Gasteiger partial charge in [-0.2, -0.15) is 0 Å². The van der Waals surface area contributed by atoms with E-state index >= 15 is 0 Å². The van der Waals surface area contributed by atoms with Crippen molar-refractivity contribution in [3.63, 3.8) is 0 Å². The van der Waals surface area contributed by atoms with Gasteiger partial charge in [0.05, 0.1) is 12.4 Å². The van der Waals surface area contributed by atoms with E-state index in [1.807, 2.05) is 0 Å². The summed E-state index contributed by atoms with van der Waals surface area (Å²) < 4.78 is 18.4. The molecule has 114 valence electrons. The number of carbonyl (C=O) groups excluding carboxylic acids is 2. The maximum Gasteiger partial charge on any atom is 0.324 e. The molecule has 0 aromatic heterocycles. The predicted molar refractivity (Wildman–Crippen MR) is 78.8 cm³/mol. The quantitative estimate of drug-likeness (QED) is 0.903. The molecule has 1 aliphatic heterocycles. The summed E-state index contributed by atoms with van der Waals surface area (Å²) in [4.78, 5) is 24.8. The minimum atomic E-state index is -0.387. The van der Waals surface area contributed by atoms with Crippen LogP contribution in [0.25, 0.3) is 0 Å². The molecule has 5 nitrogen and oxygen atoms in total. The standard InChI is InChI=1S/C14H17FN2O3S/c1-9(13(18)17-6-5-16-14(17)19)21-8-10-7-11(15)3-4-12(10)20-2/h3-4,7,9H,5-6,8H2,1-2H3,(H,16,19)/t9-/m1/s1. The third kappa shape index (κ3) is 3.66. The molecule has 1 N–H and O–H groups in total. The van der Waals surface area contributed by atoms with E-state index in [0.29, 0.717) is 30.2 Å². The molecular weight excluding hydrogens is 295 g/mol. The van der Waals surface area contributed by atoms with Crippen LogP contribution in [0, 0.1) is 5.82 Å². The van der Waals surface area contributed by atoms with Gasteiger partial charge in [-0.1, -0.05) is 0 Å². The molecule has 0 bridgehead atoms. The Labute approximate surface area is 126 Å². The molecule has 0 saturated carbocycles. The highest BCUT2D eigenvalue weighted by Crippen LogP contribution is 2.27. The highest BCUT2D eigenvalue weighted by atomic mass is 32.2. The third-order valence-corrected chi connectivity index (χ3v) is 4.38. The van der Waals surface area contributed by atoms with E-state index in [2.05, 4.69) is 5.32 Å². The van der Waals surface area contributed by atoms with Gasteiger partial charge in [-0.05, 0) is 25.1 Å². The molecule has 0 radical (unpaired) electrons. The number of benzene rings is 1. The molecule has 7 heteroatoms. The largest absolute Gasteiger partial charge is 0.496 e. The molecule has 1 atom stereocenters. The van der Waals surface area contributed by atoms with Crippen LogP contribution in [0.15, 0.2) is 18.2 Å². The minimum absolute atomic E-state index is 0.231. The topological polar surface area (TPSA) is 58.6 Å². The molecule has 21 heavy (non-hydrogen) atoms. The molecule has 1 fully saturated rings. The molecule has 0 spiro atoms. The van der Waals surface area contributed by atoms with Crippen molar-refractivity contribution < 1.29 is 18.7 Å². The Hall–Kier alpha value is -1.76. The van der Waals surface area contributed by atoms with Crippen LogP contribution in [-0.2, 0) is 10.5 Å². The van der Waals surface area contributed by atoms with Crippen molar-refractivity contribution >= 4 is 23.7 Å². The molecule has 1 heterocycles. The molecular formula is C14H17FN2O3S. The fourth-order valence-electron chi connectivity index (χ4n) is 2.05. The van der Waals surface area contributed by atoms with Gasteiger partial charge in [0, 0.05) is 24.4 Å². The second-order valence-corrected chi connectivity index (χ2v) is 5.96. The lowest BCUT2D eigenvalue weighted by atomic mass is 10.2. The van der Waals surface area contributed by atoms with Crippen LogP contribution in [0.2, 0.25) is 0 Å². The summed E-state index contributed by atoms with van der Waals surface area (Å²) in [5, 5.41) is 2.20. The summed E-state index contributed by atoms with van der Waals surface area (Å²) in [6.45, 7) is 2.62. The molecule has 1 aromatic carbocycles. The van der Waals surface area contributed by atoms with Crippen LogP contribution in [0.5, 0.6) is 5.75 Å². The van der Waals surface area contributed by atoms with Gasteiger partial charge in [0.15, 0.2) is 0 Å². The summed E-state index contributed by atoms with van der Waals surface area (Å²) >= 11 is 1.35. The molecule has 3 amide bonds. The van der Waals surface area contributed by atoms with Crippen LogP contribution < -0.4 is 10.1 Å². The zero-order valence-electron chi connectivity index (χ0n) is 11.9. The highest BCUT2D eigenvalue weighted by molar-refractivity contribution is 7.99. The number of ether oxygens (including phenoxy) is 1. The Morgan fingerprint density at radius 1 is 1.57 bits per heavy atom. The molecule has 1 aromatic rings. The van der Waals surface area contributed by atoms with E-state index in [1.165, 1.54) is 35.9 Å². The zero-order valence-corrected chi connectivity index (χ0v) is 12.7. The summed E-state index contributed by atoms with van der Waals surface area (Å²) in [5.41, 5.74) is 0.688. The molecule has 1 aliphatic rings. The number of nitrogens with one attached hydrogen (secondary N) is 1. The van der Waals surface area contributed by atoms with Crippen molar-refractivity contribution in [3.8, 4) is 5.75 Å². The van der Waals surface area contributed by atoms with Gasteiger partial charge in [-0.15, -0.1) is 11.8 Å². The van der Waals surface area contributed by atoms with Crippen LogP contribution in [-0.4, -0.2) is 42.3 Å². The number of hydrogen-bond donors (Lipinski definition) is 1. The van der Waals surface area contributed by atoms with Crippen LogP contribution >= 0.6 is 11.8 Å². The zero-order chi connectivity index (χ0) is 15.4. The minimum Gasteiger partial charge on any atom is -0.496 e. The van der Waals surface area contributed by atoms with Crippen LogP contribution in [0.4, 0.5) is 9.18 Å². The van der Waals surface area contributed by atoms with Gasteiger partial charge in [-0.3, -0.25) is 9.69 Å². The predicted octanol–water partition coefficient (Wildman–Crippen LogP) is 2.01. The molecule has 1 saturated heterocycles. The Bertz CT molecular complexity index is 553. The van der Waals surface area contributed by atoms with E-state index in [0.717, 1.165) is 0 Å². The number of hydrogen-bond acceptors (Lipinski definition) is 4. The van der Waals surface area contributed by atoms with Crippen molar-refractivity contribution in [2.75, 3.05) is 20.2 Å². The number of carbonyl (C=O) groups is 2. The number of methoxy groups -OCH3 is 1. The summed E-state index contributed by atoms with van der Waals surface area (Å²) in [6.07, 6.45) is 0. The van der Waals surface area contributed by atoms with Crippen molar-refractivity contribution in [1.82, 2.24) is 10.2 Å². The number of thioether (sulfide) groups is 1. The van der Waals surface area contributed by atoms with Gasteiger partial charge in [-0.25, -0.2) is 9.18 Å². The lowest BCUT2D eigenvalue weighted by Crippen LogP contribution is -2.39. The Kier molecular flexibility index (Phi) is 5.06. The number of amides is 3. The van der Waals surface area contributed by atoms with Gasteiger partial charge < -0.3 is 10.1 Å². The Morgan fingerprint density at radius 3 is 2.95 bits per heavy atom. The number of rotatable bonds is 5. The van der Waals surface area contributed by atoms with E-state index < -0.39 is 0 Å². The number of halogens is 1. The molecule has 0 aliphatic carbocycles. The van der Waals surface area contributed by atoms with E-state index in [-0.39, 0.29) is 23.0 Å². The van der Waals surface area contributed by atoms with Gasteiger partial charge >= 0.3 is 6.03 Å². The maximum atomic E-state index is 13.3. The monoisotopic (exact) mass is 312 g/mol. The summed E-state index contributed by atoms with van der Waals surface area (Å²) in [5.74, 6) is 0.445. The van der Waals surface area contributed by atoms with Gasteiger partial charge in [0.25, 0.3) is 0 Å². The lowest BCUT2D eigenvalue weighted by Gasteiger charge is -2.18. The van der Waals surface area contributed by atoms with E-state index in [4.69, 9.17) is 4.74 Å². The summed E-state index contributed by atoms with van der Waals surface area (Å²) in [6, 6.07) is 3.93. The SMILES string of the molecule is COc1ccc(F)cc1CS[C@H](C)C(=O)N1CCNC1=O. The first-order chi connectivity index (χ1) is 10.0. The highest BCUT2D eigenvalue weighted by Gasteiger charge is 2.29. The molecule has 0 unspecified atom stereocenters. The number of urea groups is 1. The van der Waals surface area contributed by atoms with Crippen LogP contribution in [0.1, 0.15) is 12.5 Å². The van der Waals surface area contributed by atoms with Crippen LogP contribution in [0.3, 0.4) is 0 Å². The lowest BCUT2D eigenvalue weighted by molar-refractivity contribution is -0.126. The normalized spacial score (nSPS) is 15.8. The number of nitrogens with zero attached hydrogens (tertiary/aromatic N) is 1. The first-order valence-corrected chi connectivity index (χ1v) is 7.61. The first kappa shape index (κ1) is 15.6. The summed E-state index contributed by atoms with van der Waals surface area (Å²) in [7, 11) is 1.52. The van der Waals surface area contributed by atoms with Gasteiger partial charge in [0.1, 0.15) is 11.6 Å². The Morgan fingerprint density at radius 2 is 2.33 bits per heavy atom. The van der Waals surface area contributed by atoms with Crippen molar-refractivity contribution in [1.29, 1.82) is 0 Å². The second-order valence-electron chi connectivity index (χ2n) is 4.63. The Balaban J connectivity index is 1.97. The van der Waals surface area contributed by atoms with Gasteiger partial charge in [0.2, 0.25) is 5.91 Å². The maximum absolute atomic E-state index is 13.3. The molecule has 2 rings (SSSR count). The fraction of sp³-hybridized carbons (Fsp3) is 0.429. The smallest absolute Gasteiger partial charge is 0.324 e. The van der Waals surface area contributed by atoms with Crippen molar-refractivity contribution in [3.05, 3.63) is 29.6 Å². The van der Waals surface area contributed by atoms with E-state index in [9.17, 15) is 14.0 Å². The van der Waals surface area contributed by atoms with Crippen molar-refractivity contribution in [2.24, 2.45) is 0 Å². The average molecular weight is 312 g/mol. The number of imide groups is 1. The third-order valence-electron chi connectivity index (χ3n) is 3.20. The van der Waals surface area contributed by atoms with E-state index in [1.54, 1.807) is 13.0 Å².